The molecule has 1 aliphatic carbocycles. The molecule has 2 aliphatic rings. The van der Waals surface area contributed by atoms with Crippen molar-refractivity contribution in [2.24, 2.45) is 5.92 Å². The highest BCUT2D eigenvalue weighted by molar-refractivity contribution is 7.92. The number of aromatic hydroxyl groups is 1. The van der Waals surface area contributed by atoms with E-state index in [0.29, 0.717) is 56.5 Å². The highest BCUT2D eigenvalue weighted by Crippen LogP contribution is 2.38. The molecule has 2 fully saturated rings. The summed E-state index contributed by atoms with van der Waals surface area (Å²) in [5.74, 6) is -1.30. The maximum Gasteiger partial charge on any atom is 0.387 e. The first-order valence-corrected chi connectivity index (χ1v) is 17.8. The molecule has 16 heteroatoms. The van der Waals surface area contributed by atoms with E-state index in [1.165, 1.54) is 48.8 Å². The molecular formula is C32H35Cl2F2N3O8S. The number of anilines is 1. The fourth-order valence-corrected chi connectivity index (χ4v) is 6.58. The number of ether oxygens (including phenoxy) is 4. The molecular weight excluding hydrogens is 695 g/mol. The van der Waals surface area contributed by atoms with Crippen molar-refractivity contribution in [2.75, 3.05) is 56.6 Å². The lowest BCUT2D eigenvalue weighted by Gasteiger charge is -2.30. The van der Waals surface area contributed by atoms with E-state index in [4.69, 9.17) is 37.4 Å². The van der Waals surface area contributed by atoms with Crippen LogP contribution in [0.2, 0.25) is 10.0 Å². The number of pyridine rings is 1. The Kier molecular flexibility index (Phi) is 11.8. The summed E-state index contributed by atoms with van der Waals surface area (Å²) >= 11 is 12.8. The van der Waals surface area contributed by atoms with E-state index < -0.39 is 34.5 Å². The van der Waals surface area contributed by atoms with E-state index in [0.717, 1.165) is 23.4 Å². The molecule has 0 spiro atoms. The molecule has 1 atom stereocenters. The molecule has 260 valence electrons. The van der Waals surface area contributed by atoms with Crippen LogP contribution in [0, 0.1) is 5.92 Å². The normalized spacial score (nSPS) is 16.0. The van der Waals surface area contributed by atoms with Gasteiger partial charge in [0, 0.05) is 45.0 Å². The van der Waals surface area contributed by atoms with Gasteiger partial charge in [-0.05, 0) is 60.2 Å². The molecule has 48 heavy (non-hydrogen) atoms. The Morgan fingerprint density at radius 1 is 1.10 bits per heavy atom. The van der Waals surface area contributed by atoms with Crippen molar-refractivity contribution in [2.45, 2.75) is 32.0 Å². The Labute approximate surface area is 287 Å². The number of hydrogen-bond donors (Lipinski definition) is 1. The van der Waals surface area contributed by atoms with Crippen LogP contribution >= 0.6 is 23.2 Å². The van der Waals surface area contributed by atoms with Crippen LogP contribution in [0.15, 0.2) is 48.8 Å². The molecule has 3 aromatic rings. The summed E-state index contributed by atoms with van der Waals surface area (Å²) in [6.07, 6.45) is 4.51. The molecule has 11 nitrogen and oxygen atoms in total. The number of esters is 1. The highest BCUT2D eigenvalue weighted by atomic mass is 35.5. The van der Waals surface area contributed by atoms with Gasteiger partial charge in [-0.1, -0.05) is 29.3 Å². The Morgan fingerprint density at radius 2 is 1.81 bits per heavy atom. The SMILES string of the molecule is CS(=O)(=O)N(CCN1CCOCC1)c1ccc(O)c(C(=O)O[C@@H](Cc2c(Cl)cncc2Cl)c2ccc(OC(F)F)c(OCC3CC3)c2)c1. The monoisotopic (exact) mass is 729 g/mol. The highest BCUT2D eigenvalue weighted by Gasteiger charge is 2.28. The standard InChI is InChI=1S/C32H35Cl2F2N3O8S/c1-48(42,43)39(9-8-38-10-12-44-13-11-38)22-5-6-27(40)24(15-22)31(41)46-29(16-23-25(33)17-37-18-26(23)34)21-4-7-28(47-32(35)36)30(14-21)45-19-20-2-3-20/h4-7,14-15,17-18,20,29,32,40H,2-3,8-13,16,19H2,1H3/t29-/m0/s1. The first kappa shape index (κ1) is 35.9. The molecule has 0 bridgehead atoms. The van der Waals surface area contributed by atoms with Crippen LogP contribution in [0.4, 0.5) is 14.5 Å². The first-order chi connectivity index (χ1) is 22.9. The second kappa shape index (κ2) is 15.9. The van der Waals surface area contributed by atoms with E-state index in [1.54, 1.807) is 0 Å². The summed E-state index contributed by atoms with van der Waals surface area (Å²) in [4.78, 5) is 19.8. The summed E-state index contributed by atoms with van der Waals surface area (Å²) in [6, 6.07) is 8.02. The van der Waals surface area contributed by atoms with Gasteiger partial charge in [-0.15, -0.1) is 0 Å². The summed E-state index contributed by atoms with van der Waals surface area (Å²) in [7, 11) is -3.79. The lowest BCUT2D eigenvalue weighted by Crippen LogP contribution is -2.43. The van der Waals surface area contributed by atoms with E-state index in [1.807, 2.05) is 0 Å². The van der Waals surface area contributed by atoms with Gasteiger partial charge in [0.15, 0.2) is 11.5 Å². The minimum atomic E-state index is -3.79. The second-order valence-electron chi connectivity index (χ2n) is 11.5. The molecule has 1 aliphatic heterocycles. The lowest BCUT2D eigenvalue weighted by atomic mass is 10.0. The summed E-state index contributed by atoms with van der Waals surface area (Å²) in [6.45, 7) is 0.0962. The number of benzene rings is 2. The van der Waals surface area contributed by atoms with Gasteiger partial charge in [0.1, 0.15) is 17.4 Å². The van der Waals surface area contributed by atoms with Crippen LogP contribution in [-0.2, 0) is 25.9 Å². The van der Waals surface area contributed by atoms with E-state index in [-0.39, 0.29) is 45.8 Å². The van der Waals surface area contributed by atoms with Crippen molar-refractivity contribution in [3.05, 3.63) is 75.5 Å². The quantitative estimate of drug-likeness (QED) is 0.194. The van der Waals surface area contributed by atoms with Gasteiger partial charge in [-0.2, -0.15) is 8.78 Å². The van der Waals surface area contributed by atoms with Crippen molar-refractivity contribution in [3.63, 3.8) is 0 Å². The van der Waals surface area contributed by atoms with Gasteiger partial charge in [-0.3, -0.25) is 14.2 Å². The summed E-state index contributed by atoms with van der Waals surface area (Å²) in [5.41, 5.74) is 0.575. The molecule has 0 unspecified atom stereocenters. The third kappa shape index (κ3) is 9.59. The molecule has 1 saturated heterocycles. The zero-order valence-electron chi connectivity index (χ0n) is 26.0. The largest absolute Gasteiger partial charge is 0.507 e. The number of hydrogen-bond acceptors (Lipinski definition) is 10. The van der Waals surface area contributed by atoms with Crippen LogP contribution in [0.1, 0.15) is 40.4 Å². The van der Waals surface area contributed by atoms with Crippen molar-refractivity contribution in [1.29, 1.82) is 0 Å². The van der Waals surface area contributed by atoms with E-state index >= 15 is 0 Å². The Bertz CT molecular complexity index is 1690. The number of nitrogens with zero attached hydrogens (tertiary/aromatic N) is 3. The van der Waals surface area contributed by atoms with Gasteiger partial charge in [0.25, 0.3) is 0 Å². The van der Waals surface area contributed by atoms with Crippen LogP contribution in [0.3, 0.4) is 0 Å². The van der Waals surface area contributed by atoms with E-state index in [9.17, 15) is 27.1 Å². The lowest BCUT2D eigenvalue weighted by molar-refractivity contribution is -0.0515. The number of aromatic nitrogens is 1. The average molecular weight is 731 g/mol. The number of alkyl halides is 2. The number of sulfonamides is 1. The maximum absolute atomic E-state index is 13.8. The fourth-order valence-electron chi connectivity index (χ4n) is 5.15. The van der Waals surface area contributed by atoms with Gasteiger partial charge in [0.2, 0.25) is 10.0 Å². The van der Waals surface area contributed by atoms with Crippen LogP contribution in [0.25, 0.3) is 0 Å². The van der Waals surface area contributed by atoms with Crippen molar-refractivity contribution in [1.82, 2.24) is 9.88 Å². The Balaban J connectivity index is 1.46. The molecule has 0 amide bonds. The van der Waals surface area contributed by atoms with Gasteiger partial charge in [-0.25, -0.2) is 13.2 Å². The summed E-state index contributed by atoms with van der Waals surface area (Å²) in [5, 5.41) is 11.1. The molecule has 2 aromatic carbocycles. The summed E-state index contributed by atoms with van der Waals surface area (Å²) < 4.78 is 75.0. The zero-order valence-corrected chi connectivity index (χ0v) is 28.3. The zero-order chi connectivity index (χ0) is 34.4. The Hall–Kier alpha value is -3.43. The molecule has 1 aromatic heterocycles. The third-order valence-corrected chi connectivity index (χ3v) is 9.78. The number of halogens is 4. The maximum atomic E-state index is 13.8. The van der Waals surface area contributed by atoms with Gasteiger partial charge in [0.05, 0.1) is 41.8 Å². The van der Waals surface area contributed by atoms with Crippen LogP contribution in [0.5, 0.6) is 17.2 Å². The first-order valence-electron chi connectivity index (χ1n) is 15.2. The predicted molar refractivity (Wildman–Crippen MR) is 175 cm³/mol. The topological polar surface area (TPSA) is 128 Å². The van der Waals surface area contributed by atoms with Gasteiger partial charge >= 0.3 is 12.6 Å². The second-order valence-corrected chi connectivity index (χ2v) is 14.2. The molecule has 1 saturated carbocycles. The van der Waals surface area contributed by atoms with Crippen molar-refractivity contribution in [3.8, 4) is 17.2 Å². The van der Waals surface area contributed by atoms with Gasteiger partial charge < -0.3 is 24.1 Å². The van der Waals surface area contributed by atoms with E-state index in [2.05, 4.69) is 14.6 Å². The minimum Gasteiger partial charge on any atom is -0.507 e. The molecule has 1 N–H and O–H groups in total. The molecule has 0 radical (unpaired) electrons. The average Bonchev–Trinajstić information content (AvgIpc) is 3.87. The number of rotatable bonds is 15. The smallest absolute Gasteiger partial charge is 0.387 e. The number of phenolic OH excluding ortho intramolecular Hbond substituents is 1. The number of morpholine rings is 1. The predicted octanol–water partition coefficient (Wildman–Crippen LogP) is 5.72. The van der Waals surface area contributed by atoms with Crippen molar-refractivity contribution >= 4 is 44.9 Å². The minimum absolute atomic E-state index is 0.0292. The van der Waals surface area contributed by atoms with Crippen LogP contribution in [-0.4, -0.2) is 88.2 Å². The number of phenols is 1. The molecule has 2 heterocycles. The molecule has 5 rings (SSSR count). The fraction of sp³-hybridized carbons (Fsp3) is 0.438. The van der Waals surface area contributed by atoms with Crippen LogP contribution < -0.4 is 13.8 Å². The third-order valence-electron chi connectivity index (χ3n) is 7.93. The number of carbonyl (C=O) groups is 1. The Morgan fingerprint density at radius 3 is 2.46 bits per heavy atom. The number of carbonyl (C=O) groups excluding carboxylic acids is 1. The van der Waals surface area contributed by atoms with Crippen molar-refractivity contribution < 1.29 is 46.0 Å².